The largest absolute Gasteiger partial charge is 0.454 e. The minimum atomic E-state index is 0.0300. The maximum atomic E-state index is 12.5. The molecule has 0 fully saturated rings. The van der Waals surface area contributed by atoms with Gasteiger partial charge in [-0.3, -0.25) is 9.78 Å². The predicted molar refractivity (Wildman–Crippen MR) is 86.0 cm³/mol. The van der Waals surface area contributed by atoms with Gasteiger partial charge in [-0.2, -0.15) is 0 Å². The molecule has 1 amide bonds. The van der Waals surface area contributed by atoms with Crippen LogP contribution in [0.1, 0.15) is 18.2 Å². The van der Waals surface area contributed by atoms with Crippen molar-refractivity contribution in [1.82, 2.24) is 9.88 Å². The van der Waals surface area contributed by atoms with Crippen molar-refractivity contribution in [3.05, 3.63) is 47.8 Å². The third kappa shape index (κ3) is 3.53. The SMILES string of the molecule is CCN(Cc1ccc2c(c1)OCO2)C(=O)Cc1ccc(N)cn1. The zero-order valence-corrected chi connectivity index (χ0v) is 13.0. The Kier molecular flexibility index (Phi) is 4.32. The first-order chi connectivity index (χ1) is 11.2. The van der Waals surface area contributed by atoms with Gasteiger partial charge >= 0.3 is 0 Å². The molecule has 2 aromatic rings. The summed E-state index contributed by atoms with van der Waals surface area (Å²) in [6.07, 6.45) is 1.83. The van der Waals surface area contributed by atoms with E-state index < -0.39 is 0 Å². The van der Waals surface area contributed by atoms with Gasteiger partial charge in [0.15, 0.2) is 11.5 Å². The first-order valence-corrected chi connectivity index (χ1v) is 7.52. The highest BCUT2D eigenvalue weighted by Crippen LogP contribution is 2.32. The van der Waals surface area contributed by atoms with Crippen LogP contribution in [-0.4, -0.2) is 29.1 Å². The molecule has 0 aliphatic carbocycles. The predicted octanol–water partition coefficient (Wildman–Crippen LogP) is 1.98. The number of pyridine rings is 1. The number of nitrogens with zero attached hydrogens (tertiary/aromatic N) is 2. The first-order valence-electron chi connectivity index (χ1n) is 7.52. The molecule has 2 heterocycles. The summed E-state index contributed by atoms with van der Waals surface area (Å²) in [5.74, 6) is 1.50. The maximum absolute atomic E-state index is 12.5. The zero-order chi connectivity index (χ0) is 16.2. The highest BCUT2D eigenvalue weighted by molar-refractivity contribution is 5.78. The summed E-state index contributed by atoms with van der Waals surface area (Å²) in [4.78, 5) is 18.4. The minimum Gasteiger partial charge on any atom is -0.454 e. The number of nitrogens with two attached hydrogens (primary N) is 1. The van der Waals surface area contributed by atoms with E-state index in [0.29, 0.717) is 24.5 Å². The van der Waals surface area contributed by atoms with Crippen LogP contribution in [0.5, 0.6) is 11.5 Å². The molecule has 1 aromatic carbocycles. The van der Waals surface area contributed by atoms with E-state index in [1.165, 1.54) is 0 Å². The van der Waals surface area contributed by atoms with E-state index in [-0.39, 0.29) is 19.1 Å². The zero-order valence-electron chi connectivity index (χ0n) is 13.0. The Balaban J connectivity index is 1.67. The van der Waals surface area contributed by atoms with Gasteiger partial charge in [0, 0.05) is 18.8 Å². The highest BCUT2D eigenvalue weighted by atomic mass is 16.7. The van der Waals surface area contributed by atoms with E-state index in [4.69, 9.17) is 15.2 Å². The Morgan fingerprint density at radius 2 is 2.09 bits per heavy atom. The van der Waals surface area contributed by atoms with Crippen molar-refractivity contribution < 1.29 is 14.3 Å². The number of benzene rings is 1. The summed E-state index contributed by atoms with van der Waals surface area (Å²) in [7, 11) is 0. The van der Waals surface area contributed by atoms with Crippen molar-refractivity contribution in [2.24, 2.45) is 0 Å². The third-order valence-electron chi connectivity index (χ3n) is 3.72. The second-order valence-electron chi connectivity index (χ2n) is 5.36. The lowest BCUT2D eigenvalue weighted by molar-refractivity contribution is -0.130. The number of carbonyl (C=O) groups is 1. The Hall–Kier alpha value is -2.76. The fraction of sp³-hybridized carbons (Fsp3) is 0.294. The van der Waals surface area contributed by atoms with Gasteiger partial charge < -0.3 is 20.1 Å². The topological polar surface area (TPSA) is 77.7 Å². The Morgan fingerprint density at radius 1 is 1.26 bits per heavy atom. The maximum Gasteiger partial charge on any atom is 0.231 e. The molecule has 0 saturated carbocycles. The van der Waals surface area contributed by atoms with Crippen molar-refractivity contribution in [2.45, 2.75) is 19.9 Å². The quantitative estimate of drug-likeness (QED) is 0.913. The molecule has 120 valence electrons. The van der Waals surface area contributed by atoms with Crippen LogP contribution < -0.4 is 15.2 Å². The van der Waals surface area contributed by atoms with Crippen LogP contribution in [0.25, 0.3) is 0 Å². The summed E-state index contributed by atoms with van der Waals surface area (Å²) in [6, 6.07) is 9.27. The number of hydrogen-bond acceptors (Lipinski definition) is 5. The summed E-state index contributed by atoms with van der Waals surface area (Å²) >= 11 is 0. The highest BCUT2D eigenvalue weighted by Gasteiger charge is 2.17. The van der Waals surface area contributed by atoms with Crippen molar-refractivity contribution in [3.63, 3.8) is 0 Å². The average molecular weight is 313 g/mol. The van der Waals surface area contributed by atoms with E-state index in [1.54, 1.807) is 23.2 Å². The molecule has 0 radical (unpaired) electrons. The number of likely N-dealkylation sites (N-methyl/N-ethyl adjacent to an activating group) is 1. The van der Waals surface area contributed by atoms with Gasteiger partial charge in [-0.25, -0.2) is 0 Å². The van der Waals surface area contributed by atoms with E-state index >= 15 is 0 Å². The summed E-state index contributed by atoms with van der Waals surface area (Å²) < 4.78 is 10.7. The molecular formula is C17H19N3O3. The number of anilines is 1. The lowest BCUT2D eigenvalue weighted by Gasteiger charge is -2.21. The summed E-state index contributed by atoms with van der Waals surface area (Å²) in [5.41, 5.74) is 7.93. The monoisotopic (exact) mass is 313 g/mol. The minimum absolute atomic E-state index is 0.0300. The molecule has 2 N–H and O–H groups in total. The van der Waals surface area contributed by atoms with Gasteiger partial charge in [-0.05, 0) is 36.8 Å². The molecular weight excluding hydrogens is 294 g/mol. The lowest BCUT2D eigenvalue weighted by atomic mass is 10.1. The summed E-state index contributed by atoms with van der Waals surface area (Å²) in [6.45, 7) is 3.36. The second-order valence-corrected chi connectivity index (χ2v) is 5.36. The van der Waals surface area contributed by atoms with Gasteiger partial charge in [-0.15, -0.1) is 0 Å². The molecule has 0 saturated heterocycles. The van der Waals surface area contributed by atoms with Crippen LogP contribution in [0.4, 0.5) is 5.69 Å². The molecule has 1 aromatic heterocycles. The van der Waals surface area contributed by atoms with Crippen molar-refractivity contribution in [3.8, 4) is 11.5 Å². The van der Waals surface area contributed by atoms with E-state index in [1.807, 2.05) is 25.1 Å². The molecule has 6 heteroatoms. The summed E-state index contributed by atoms with van der Waals surface area (Å²) in [5, 5.41) is 0. The lowest BCUT2D eigenvalue weighted by Crippen LogP contribution is -2.31. The van der Waals surface area contributed by atoms with E-state index in [9.17, 15) is 4.79 Å². The molecule has 1 aliphatic heterocycles. The van der Waals surface area contributed by atoms with Crippen LogP contribution in [0, 0.1) is 0 Å². The second kappa shape index (κ2) is 6.56. The number of ether oxygens (including phenoxy) is 2. The molecule has 23 heavy (non-hydrogen) atoms. The van der Waals surface area contributed by atoms with Crippen LogP contribution in [-0.2, 0) is 17.8 Å². The van der Waals surface area contributed by atoms with Crippen molar-refractivity contribution in [1.29, 1.82) is 0 Å². The Morgan fingerprint density at radius 3 is 2.83 bits per heavy atom. The van der Waals surface area contributed by atoms with Crippen molar-refractivity contribution in [2.75, 3.05) is 19.1 Å². The standard InChI is InChI=1S/C17H19N3O3/c1-2-20(17(21)8-14-5-4-13(18)9-19-14)10-12-3-6-15-16(7-12)23-11-22-15/h3-7,9H,2,8,10-11,18H2,1H3. The van der Waals surface area contributed by atoms with Gasteiger partial charge in [0.1, 0.15) is 0 Å². The molecule has 0 spiro atoms. The number of rotatable bonds is 5. The average Bonchev–Trinajstić information content (AvgIpc) is 3.02. The van der Waals surface area contributed by atoms with Gasteiger partial charge in [0.25, 0.3) is 0 Å². The van der Waals surface area contributed by atoms with E-state index in [2.05, 4.69) is 4.98 Å². The number of carbonyl (C=O) groups excluding carboxylic acids is 1. The molecule has 0 bridgehead atoms. The fourth-order valence-corrected chi connectivity index (χ4v) is 2.44. The molecule has 1 aliphatic rings. The number of aromatic nitrogens is 1. The number of nitrogen functional groups attached to an aromatic ring is 1. The third-order valence-corrected chi connectivity index (χ3v) is 3.72. The van der Waals surface area contributed by atoms with Gasteiger partial charge in [0.2, 0.25) is 12.7 Å². The molecule has 0 unspecified atom stereocenters. The molecule has 6 nitrogen and oxygen atoms in total. The molecule has 0 atom stereocenters. The normalized spacial score (nSPS) is 12.2. The van der Waals surface area contributed by atoms with Crippen LogP contribution in [0.2, 0.25) is 0 Å². The van der Waals surface area contributed by atoms with Crippen LogP contribution >= 0.6 is 0 Å². The van der Waals surface area contributed by atoms with Gasteiger partial charge in [-0.1, -0.05) is 6.07 Å². The van der Waals surface area contributed by atoms with Crippen molar-refractivity contribution >= 4 is 11.6 Å². The van der Waals surface area contributed by atoms with Crippen LogP contribution in [0.15, 0.2) is 36.5 Å². The first kappa shape index (κ1) is 15.1. The van der Waals surface area contributed by atoms with Gasteiger partial charge in [0.05, 0.1) is 18.3 Å². The number of hydrogen-bond donors (Lipinski definition) is 1. The smallest absolute Gasteiger partial charge is 0.231 e. The van der Waals surface area contributed by atoms with Crippen LogP contribution in [0.3, 0.4) is 0 Å². The van der Waals surface area contributed by atoms with E-state index in [0.717, 1.165) is 17.1 Å². The Labute approximate surface area is 134 Å². The Bertz CT molecular complexity index is 701. The fourth-order valence-electron chi connectivity index (χ4n) is 2.44. The number of fused-ring (bicyclic) bond motifs is 1. The number of amides is 1. The molecule has 3 rings (SSSR count).